The topological polar surface area (TPSA) is 52.7 Å². The molecule has 2 aliphatic rings. The molecule has 1 saturated heterocycles. The second-order valence-electron chi connectivity index (χ2n) is 6.03. The number of hydrogen-bond donors (Lipinski definition) is 1. The van der Waals surface area contributed by atoms with Crippen LogP contribution in [0.4, 0.5) is 0 Å². The van der Waals surface area contributed by atoms with E-state index in [2.05, 4.69) is 5.32 Å². The quantitative estimate of drug-likeness (QED) is 0.790. The first-order valence-electron chi connectivity index (χ1n) is 7.34. The lowest BCUT2D eigenvalue weighted by Crippen LogP contribution is -2.50. The Morgan fingerprint density at radius 2 is 2.05 bits per heavy atom. The van der Waals surface area contributed by atoms with E-state index in [1.807, 2.05) is 14.0 Å². The molecule has 0 bridgehead atoms. The molecule has 1 saturated carbocycles. The predicted octanol–water partition coefficient (Wildman–Crippen LogP) is 0.893. The second kappa shape index (κ2) is 6.08. The van der Waals surface area contributed by atoms with E-state index in [0.29, 0.717) is 24.9 Å². The van der Waals surface area contributed by atoms with Crippen LogP contribution in [0.2, 0.25) is 0 Å². The zero-order chi connectivity index (χ0) is 14.0. The van der Waals surface area contributed by atoms with Crippen molar-refractivity contribution >= 4 is 10.2 Å². The van der Waals surface area contributed by atoms with Crippen LogP contribution in [0.5, 0.6) is 0 Å². The first-order chi connectivity index (χ1) is 8.96. The number of rotatable bonds is 6. The maximum Gasteiger partial charge on any atom is 0.281 e. The Bertz CT molecular complexity index is 393. The molecule has 0 aromatic rings. The Hall–Kier alpha value is -0.170. The van der Waals surface area contributed by atoms with Gasteiger partial charge in [0.1, 0.15) is 0 Å². The molecule has 0 amide bonds. The Morgan fingerprint density at radius 1 is 1.37 bits per heavy atom. The molecule has 1 aliphatic heterocycles. The van der Waals surface area contributed by atoms with Gasteiger partial charge in [-0.1, -0.05) is 0 Å². The van der Waals surface area contributed by atoms with Crippen LogP contribution in [0.25, 0.3) is 0 Å². The molecule has 1 N–H and O–H groups in total. The smallest absolute Gasteiger partial charge is 0.281 e. The summed E-state index contributed by atoms with van der Waals surface area (Å²) in [4.78, 5) is 0. The lowest BCUT2D eigenvalue weighted by molar-refractivity contribution is 0.237. The maximum atomic E-state index is 12.6. The van der Waals surface area contributed by atoms with Gasteiger partial charge in [0.05, 0.1) is 0 Å². The number of piperidine rings is 1. The van der Waals surface area contributed by atoms with Gasteiger partial charge in [-0.05, 0) is 58.0 Å². The van der Waals surface area contributed by atoms with Gasteiger partial charge in [0.15, 0.2) is 0 Å². The molecule has 112 valence electrons. The molecule has 0 spiro atoms. The minimum Gasteiger partial charge on any atom is -0.319 e. The van der Waals surface area contributed by atoms with Crippen LogP contribution in [-0.4, -0.2) is 56.8 Å². The minimum atomic E-state index is -3.28. The van der Waals surface area contributed by atoms with Crippen molar-refractivity contribution in [2.45, 2.75) is 38.6 Å². The van der Waals surface area contributed by atoms with Crippen molar-refractivity contribution in [1.29, 1.82) is 0 Å². The largest absolute Gasteiger partial charge is 0.319 e. The van der Waals surface area contributed by atoms with Crippen molar-refractivity contribution < 1.29 is 8.42 Å². The monoisotopic (exact) mass is 289 g/mol. The molecule has 1 aliphatic carbocycles. The molecule has 6 heteroatoms. The molecule has 5 nitrogen and oxygen atoms in total. The molecule has 0 radical (unpaired) electrons. The normalized spacial score (nSPS) is 27.7. The van der Waals surface area contributed by atoms with Gasteiger partial charge >= 0.3 is 0 Å². The van der Waals surface area contributed by atoms with Gasteiger partial charge in [-0.3, -0.25) is 0 Å². The van der Waals surface area contributed by atoms with Crippen LogP contribution in [0.3, 0.4) is 0 Å². The molecule has 19 heavy (non-hydrogen) atoms. The first-order valence-corrected chi connectivity index (χ1v) is 8.74. The van der Waals surface area contributed by atoms with E-state index in [4.69, 9.17) is 0 Å². The number of nitrogens with one attached hydrogen (secondary N) is 1. The highest BCUT2D eigenvalue weighted by atomic mass is 32.2. The lowest BCUT2D eigenvalue weighted by atomic mass is 10.00. The fraction of sp³-hybridized carbons (Fsp3) is 1.00. The third kappa shape index (κ3) is 3.48. The van der Waals surface area contributed by atoms with Gasteiger partial charge < -0.3 is 5.32 Å². The average Bonchev–Trinajstić information content (AvgIpc) is 3.22. The van der Waals surface area contributed by atoms with Crippen molar-refractivity contribution in [2.24, 2.45) is 11.8 Å². The van der Waals surface area contributed by atoms with E-state index in [9.17, 15) is 8.42 Å². The fourth-order valence-corrected chi connectivity index (χ4v) is 4.68. The zero-order valence-corrected chi connectivity index (χ0v) is 13.1. The summed E-state index contributed by atoms with van der Waals surface area (Å²) in [5.74, 6) is 1.01. The summed E-state index contributed by atoms with van der Waals surface area (Å²) in [6, 6.07) is 0.134. The van der Waals surface area contributed by atoms with E-state index in [0.717, 1.165) is 19.4 Å². The van der Waals surface area contributed by atoms with Crippen molar-refractivity contribution in [3.05, 3.63) is 0 Å². The summed E-state index contributed by atoms with van der Waals surface area (Å²) in [6.07, 6.45) is 4.43. The summed E-state index contributed by atoms with van der Waals surface area (Å²) >= 11 is 0. The van der Waals surface area contributed by atoms with Crippen LogP contribution in [-0.2, 0) is 10.2 Å². The van der Waals surface area contributed by atoms with Crippen LogP contribution in [0, 0.1) is 11.8 Å². The van der Waals surface area contributed by atoms with Gasteiger partial charge in [-0.15, -0.1) is 0 Å². The van der Waals surface area contributed by atoms with Gasteiger partial charge in [0, 0.05) is 26.2 Å². The van der Waals surface area contributed by atoms with Crippen LogP contribution >= 0.6 is 0 Å². The molecule has 2 unspecified atom stereocenters. The molecule has 2 rings (SSSR count). The number of nitrogens with zero attached hydrogens (tertiary/aromatic N) is 2. The lowest BCUT2D eigenvalue weighted by Gasteiger charge is -2.36. The maximum absolute atomic E-state index is 12.6. The summed E-state index contributed by atoms with van der Waals surface area (Å²) < 4.78 is 28.5. The predicted molar refractivity (Wildman–Crippen MR) is 77.1 cm³/mol. The Kier molecular flexibility index (Phi) is 4.87. The van der Waals surface area contributed by atoms with Gasteiger partial charge in [0.2, 0.25) is 0 Å². The molecule has 0 aromatic carbocycles. The highest BCUT2D eigenvalue weighted by molar-refractivity contribution is 7.86. The summed E-state index contributed by atoms with van der Waals surface area (Å²) in [7, 11) is 0.383. The molecule has 2 atom stereocenters. The molecule has 1 heterocycles. The van der Waals surface area contributed by atoms with Crippen molar-refractivity contribution in [3.8, 4) is 0 Å². The third-order valence-electron chi connectivity index (χ3n) is 4.54. The molecular formula is C13H27N3O2S. The minimum absolute atomic E-state index is 0.134. The highest BCUT2D eigenvalue weighted by Crippen LogP contribution is 2.36. The molecule has 2 fully saturated rings. The summed E-state index contributed by atoms with van der Waals surface area (Å²) in [6.45, 7) is 4.26. The van der Waals surface area contributed by atoms with Gasteiger partial charge in [-0.2, -0.15) is 17.0 Å². The summed E-state index contributed by atoms with van der Waals surface area (Å²) in [5, 5.41) is 3.15. The Balaban J connectivity index is 2.01. The average molecular weight is 289 g/mol. The van der Waals surface area contributed by atoms with E-state index in [-0.39, 0.29) is 6.04 Å². The highest BCUT2D eigenvalue weighted by Gasteiger charge is 2.39. The van der Waals surface area contributed by atoms with Crippen molar-refractivity contribution in [3.63, 3.8) is 0 Å². The van der Waals surface area contributed by atoms with Crippen molar-refractivity contribution in [2.75, 3.05) is 33.7 Å². The Morgan fingerprint density at radius 3 is 2.63 bits per heavy atom. The van der Waals surface area contributed by atoms with E-state index in [1.54, 1.807) is 15.7 Å². The molecule has 0 aromatic heterocycles. The standard InChI is InChI=1S/C13H27N3O2S/c1-11(13-6-7-13)15(3)19(17,18)16-8-4-5-12(10-16)9-14-2/h11-14H,4-10H2,1-3H3. The van der Waals surface area contributed by atoms with Gasteiger partial charge in [-0.25, -0.2) is 0 Å². The third-order valence-corrected chi connectivity index (χ3v) is 6.59. The summed E-state index contributed by atoms with van der Waals surface area (Å²) in [5.41, 5.74) is 0. The van der Waals surface area contributed by atoms with Crippen LogP contribution in [0.1, 0.15) is 32.6 Å². The SMILES string of the molecule is CNCC1CCCN(S(=O)(=O)N(C)C(C)C2CC2)C1. The van der Waals surface area contributed by atoms with Crippen LogP contribution in [0.15, 0.2) is 0 Å². The van der Waals surface area contributed by atoms with Crippen molar-refractivity contribution in [1.82, 2.24) is 13.9 Å². The van der Waals surface area contributed by atoms with Crippen LogP contribution < -0.4 is 5.32 Å². The second-order valence-corrected chi connectivity index (χ2v) is 8.01. The molecular weight excluding hydrogens is 262 g/mol. The Labute approximate surface area is 117 Å². The fourth-order valence-electron chi connectivity index (χ4n) is 2.96. The van der Waals surface area contributed by atoms with E-state index < -0.39 is 10.2 Å². The van der Waals surface area contributed by atoms with Gasteiger partial charge in [0.25, 0.3) is 10.2 Å². The number of hydrogen-bond acceptors (Lipinski definition) is 3. The first kappa shape index (κ1) is 15.2. The zero-order valence-electron chi connectivity index (χ0n) is 12.3. The van der Waals surface area contributed by atoms with E-state index >= 15 is 0 Å². The van der Waals surface area contributed by atoms with E-state index in [1.165, 1.54) is 12.8 Å².